The molecule has 0 aliphatic carbocycles. The largest absolute Gasteiger partial charge is 0.383 e. The number of nitrogens with zero attached hydrogens (tertiary/aromatic N) is 3. The molecule has 1 unspecified atom stereocenters. The highest BCUT2D eigenvalue weighted by Gasteiger charge is 2.24. The van der Waals surface area contributed by atoms with Crippen LogP contribution >= 0.6 is 11.8 Å². The van der Waals surface area contributed by atoms with E-state index in [1.165, 1.54) is 12.2 Å². The highest BCUT2D eigenvalue weighted by Crippen LogP contribution is 2.19. The van der Waals surface area contributed by atoms with Gasteiger partial charge in [0.25, 0.3) is 0 Å². The zero-order valence-electron chi connectivity index (χ0n) is 14.1. The van der Waals surface area contributed by atoms with Crippen LogP contribution in [0.1, 0.15) is 32.3 Å². The molecule has 1 aromatic rings. The van der Waals surface area contributed by atoms with Gasteiger partial charge in [-0.1, -0.05) is 0 Å². The number of hydrogen-bond donors (Lipinski definition) is 3. The number of unbranched alkanes of at least 4 members (excludes halogenated alkanes) is 1. The van der Waals surface area contributed by atoms with Gasteiger partial charge in [-0.3, -0.25) is 4.68 Å². The number of thioether (sulfide) groups is 1. The highest BCUT2D eigenvalue weighted by molar-refractivity contribution is 7.98. The van der Waals surface area contributed by atoms with Crippen molar-refractivity contribution < 1.29 is 5.11 Å². The minimum absolute atomic E-state index is 0.291. The molecule has 0 aromatic carbocycles. The van der Waals surface area contributed by atoms with E-state index in [1.807, 2.05) is 31.9 Å². The minimum atomic E-state index is -1.02. The molecule has 0 amide bonds. The molecule has 1 atom stereocenters. The summed E-state index contributed by atoms with van der Waals surface area (Å²) in [6, 6.07) is 0. The summed E-state index contributed by atoms with van der Waals surface area (Å²) < 4.78 is 1.68. The number of rotatable bonds is 9. The fourth-order valence-corrected chi connectivity index (χ4v) is 2.44. The number of guanidine groups is 1. The molecule has 1 heterocycles. The van der Waals surface area contributed by atoms with Crippen molar-refractivity contribution in [2.75, 3.05) is 31.6 Å². The molecular formula is C15H29N5OS. The van der Waals surface area contributed by atoms with Crippen molar-refractivity contribution in [2.45, 2.75) is 32.3 Å². The molecular weight excluding hydrogens is 298 g/mol. The lowest BCUT2D eigenvalue weighted by Crippen LogP contribution is -2.39. The van der Waals surface area contributed by atoms with Gasteiger partial charge < -0.3 is 15.7 Å². The van der Waals surface area contributed by atoms with Crippen molar-refractivity contribution in [2.24, 2.45) is 12.0 Å². The number of hydrogen-bond acceptors (Lipinski definition) is 4. The summed E-state index contributed by atoms with van der Waals surface area (Å²) in [6.45, 7) is 5.77. The van der Waals surface area contributed by atoms with Gasteiger partial charge in [0.15, 0.2) is 5.96 Å². The van der Waals surface area contributed by atoms with E-state index in [0.29, 0.717) is 6.54 Å². The van der Waals surface area contributed by atoms with Crippen LogP contribution in [0.3, 0.4) is 0 Å². The number of aromatic nitrogens is 2. The maximum atomic E-state index is 10.5. The lowest BCUT2D eigenvalue weighted by molar-refractivity contribution is 0.0672. The van der Waals surface area contributed by atoms with E-state index < -0.39 is 5.60 Å². The van der Waals surface area contributed by atoms with Gasteiger partial charge in [-0.25, -0.2) is 4.99 Å². The maximum absolute atomic E-state index is 10.5. The van der Waals surface area contributed by atoms with E-state index in [9.17, 15) is 5.11 Å². The van der Waals surface area contributed by atoms with Crippen LogP contribution in [0.5, 0.6) is 0 Å². The number of nitrogens with one attached hydrogen (secondary N) is 2. The van der Waals surface area contributed by atoms with Crippen LogP contribution in [-0.2, 0) is 12.6 Å². The standard InChI is InChI=1S/C15H29N5OS/c1-5-16-14(17-8-6-7-9-22-4)18-12-15(2,21)13-10-19-20(3)11-13/h10-11,21H,5-9,12H2,1-4H3,(H2,16,17,18). The molecule has 0 fully saturated rings. The van der Waals surface area contributed by atoms with Crippen LogP contribution < -0.4 is 10.6 Å². The first kappa shape index (κ1) is 18.8. The third-order valence-electron chi connectivity index (χ3n) is 3.28. The summed E-state index contributed by atoms with van der Waals surface area (Å²) in [6.07, 6.45) is 7.93. The average Bonchev–Trinajstić information content (AvgIpc) is 2.92. The van der Waals surface area contributed by atoms with Crippen molar-refractivity contribution in [1.82, 2.24) is 20.4 Å². The summed E-state index contributed by atoms with van der Waals surface area (Å²) in [5, 5.41) is 21.1. The van der Waals surface area contributed by atoms with Crippen molar-refractivity contribution in [3.8, 4) is 0 Å². The van der Waals surface area contributed by atoms with E-state index in [1.54, 1.807) is 17.8 Å². The predicted octanol–water partition coefficient (Wildman–Crippen LogP) is 1.33. The van der Waals surface area contributed by atoms with Crippen molar-refractivity contribution in [3.63, 3.8) is 0 Å². The first-order valence-corrected chi connectivity index (χ1v) is 9.11. The van der Waals surface area contributed by atoms with E-state index >= 15 is 0 Å². The topological polar surface area (TPSA) is 74.5 Å². The summed E-state index contributed by atoms with van der Waals surface area (Å²) in [7, 11) is 1.84. The molecule has 126 valence electrons. The van der Waals surface area contributed by atoms with Crippen LogP contribution in [0.2, 0.25) is 0 Å². The Kier molecular flexibility index (Phi) is 8.34. The summed E-state index contributed by atoms with van der Waals surface area (Å²) in [4.78, 5) is 4.49. The second kappa shape index (κ2) is 9.74. The Labute approximate surface area is 137 Å². The lowest BCUT2D eigenvalue weighted by atomic mass is 10.0. The average molecular weight is 327 g/mol. The van der Waals surface area contributed by atoms with Crippen LogP contribution in [0.25, 0.3) is 0 Å². The van der Waals surface area contributed by atoms with Gasteiger partial charge in [-0.2, -0.15) is 16.9 Å². The van der Waals surface area contributed by atoms with Gasteiger partial charge in [0, 0.05) is 31.9 Å². The van der Waals surface area contributed by atoms with Gasteiger partial charge in [0.05, 0.1) is 12.7 Å². The van der Waals surface area contributed by atoms with Crippen molar-refractivity contribution >= 4 is 17.7 Å². The summed E-state index contributed by atoms with van der Waals surface area (Å²) in [5.74, 6) is 1.93. The zero-order valence-corrected chi connectivity index (χ0v) is 14.9. The quantitative estimate of drug-likeness (QED) is 0.362. The molecule has 0 aliphatic rings. The van der Waals surface area contributed by atoms with Crippen LogP contribution in [0.4, 0.5) is 0 Å². The third-order valence-corrected chi connectivity index (χ3v) is 3.98. The molecule has 0 saturated carbocycles. The monoisotopic (exact) mass is 327 g/mol. The Morgan fingerprint density at radius 1 is 1.45 bits per heavy atom. The molecule has 22 heavy (non-hydrogen) atoms. The predicted molar refractivity (Wildman–Crippen MR) is 94.4 cm³/mol. The number of aryl methyl sites for hydroxylation is 1. The molecule has 1 rings (SSSR count). The third kappa shape index (κ3) is 6.70. The summed E-state index contributed by atoms with van der Waals surface area (Å²) in [5.41, 5.74) is -0.246. The van der Waals surface area contributed by atoms with Gasteiger partial charge in [0.2, 0.25) is 0 Å². The van der Waals surface area contributed by atoms with Crippen LogP contribution in [0, 0.1) is 0 Å². The molecule has 1 aromatic heterocycles. The Hall–Kier alpha value is -1.21. The van der Waals surface area contributed by atoms with Crippen LogP contribution in [-0.4, -0.2) is 52.5 Å². The van der Waals surface area contributed by atoms with Gasteiger partial charge in [-0.15, -0.1) is 0 Å². The molecule has 3 N–H and O–H groups in total. The first-order valence-electron chi connectivity index (χ1n) is 7.72. The van der Waals surface area contributed by atoms with E-state index in [0.717, 1.165) is 31.0 Å². The minimum Gasteiger partial charge on any atom is -0.383 e. The molecule has 0 radical (unpaired) electrons. The van der Waals surface area contributed by atoms with E-state index in [2.05, 4.69) is 27.0 Å². The van der Waals surface area contributed by atoms with Gasteiger partial charge in [0.1, 0.15) is 5.60 Å². The van der Waals surface area contributed by atoms with Crippen molar-refractivity contribution in [3.05, 3.63) is 18.0 Å². The van der Waals surface area contributed by atoms with Crippen molar-refractivity contribution in [1.29, 1.82) is 0 Å². The second-order valence-corrected chi connectivity index (χ2v) is 6.48. The Balaban J connectivity index is 2.53. The number of aliphatic hydroxyl groups is 1. The zero-order chi connectivity index (χ0) is 16.4. The molecule has 0 bridgehead atoms. The Morgan fingerprint density at radius 2 is 2.23 bits per heavy atom. The Morgan fingerprint density at radius 3 is 2.82 bits per heavy atom. The number of aliphatic imine (C=N–C) groups is 1. The first-order chi connectivity index (χ1) is 10.5. The fourth-order valence-electron chi connectivity index (χ4n) is 1.94. The fraction of sp³-hybridized carbons (Fsp3) is 0.733. The normalized spacial score (nSPS) is 14.7. The summed E-state index contributed by atoms with van der Waals surface area (Å²) >= 11 is 1.87. The molecule has 6 nitrogen and oxygen atoms in total. The molecule has 0 aliphatic heterocycles. The molecule has 0 spiro atoms. The smallest absolute Gasteiger partial charge is 0.191 e. The van der Waals surface area contributed by atoms with E-state index in [4.69, 9.17) is 0 Å². The highest BCUT2D eigenvalue weighted by atomic mass is 32.2. The molecule has 0 saturated heterocycles. The maximum Gasteiger partial charge on any atom is 0.191 e. The molecule has 7 heteroatoms. The van der Waals surface area contributed by atoms with Crippen LogP contribution in [0.15, 0.2) is 17.4 Å². The van der Waals surface area contributed by atoms with Gasteiger partial charge in [-0.05, 0) is 38.7 Å². The van der Waals surface area contributed by atoms with E-state index in [-0.39, 0.29) is 0 Å². The van der Waals surface area contributed by atoms with Gasteiger partial charge >= 0.3 is 0 Å². The SMILES string of the molecule is CCNC(=NCC(C)(O)c1cnn(C)c1)NCCCCSC. The Bertz CT molecular complexity index is 459. The second-order valence-electron chi connectivity index (χ2n) is 5.50. The lowest BCUT2D eigenvalue weighted by Gasteiger charge is -2.20.